The molecule has 20 heavy (non-hydrogen) atoms. The van der Waals surface area contributed by atoms with Gasteiger partial charge in [-0.05, 0) is 13.0 Å². The number of carbonyl (C=O) groups excluding carboxylic acids is 1. The topological polar surface area (TPSA) is 123 Å². The van der Waals surface area contributed by atoms with E-state index >= 15 is 0 Å². The maximum Gasteiger partial charge on any atom is 0.270 e. The van der Waals surface area contributed by atoms with Crippen molar-refractivity contribution >= 4 is 5.91 Å². The molecule has 0 fully saturated rings. The third-order valence-electron chi connectivity index (χ3n) is 2.31. The van der Waals surface area contributed by atoms with Crippen molar-refractivity contribution in [2.45, 2.75) is 19.4 Å². The van der Waals surface area contributed by atoms with E-state index in [0.717, 1.165) is 4.68 Å². The van der Waals surface area contributed by atoms with Gasteiger partial charge in [-0.2, -0.15) is 10.4 Å². The molecule has 8 nitrogen and oxygen atoms in total. The average Bonchev–Trinajstić information content (AvgIpc) is 2.42. The third-order valence-corrected chi connectivity index (χ3v) is 2.31. The van der Waals surface area contributed by atoms with E-state index in [1.165, 1.54) is 12.3 Å². The minimum atomic E-state index is -0.425. The zero-order valence-electron chi connectivity index (χ0n) is 11.0. The first-order valence-electron chi connectivity index (χ1n) is 6.21. The van der Waals surface area contributed by atoms with Crippen LogP contribution in [0.3, 0.4) is 0 Å². The van der Waals surface area contributed by atoms with Crippen molar-refractivity contribution in [3.05, 3.63) is 22.6 Å². The molecule has 0 aliphatic heterocycles. The van der Waals surface area contributed by atoms with Gasteiger partial charge in [0, 0.05) is 12.6 Å². The lowest BCUT2D eigenvalue weighted by molar-refractivity contribution is -0.121. The number of rotatable bonds is 8. The van der Waals surface area contributed by atoms with Gasteiger partial charge in [-0.25, -0.2) is 4.68 Å². The van der Waals surface area contributed by atoms with Crippen molar-refractivity contribution in [2.75, 3.05) is 19.7 Å². The van der Waals surface area contributed by atoms with Crippen molar-refractivity contribution in [3.63, 3.8) is 0 Å². The highest BCUT2D eigenvalue weighted by Gasteiger charge is 2.06. The summed E-state index contributed by atoms with van der Waals surface area (Å²) in [7, 11) is 0. The Labute approximate surface area is 116 Å². The normalized spacial score (nSPS) is 9.80. The smallest absolute Gasteiger partial charge is 0.270 e. The second-order valence-electron chi connectivity index (χ2n) is 3.94. The number of nitrogens with two attached hydrogens (primary N) is 1. The number of nitriles is 1. The van der Waals surface area contributed by atoms with Crippen LogP contribution in [0.25, 0.3) is 0 Å². The van der Waals surface area contributed by atoms with Crippen LogP contribution in [-0.2, 0) is 11.3 Å². The van der Waals surface area contributed by atoms with Gasteiger partial charge in [0.2, 0.25) is 5.91 Å². The summed E-state index contributed by atoms with van der Waals surface area (Å²) in [5, 5.41) is 14.7. The predicted octanol–water partition coefficient (Wildman–Crippen LogP) is -0.999. The lowest BCUT2D eigenvalue weighted by Gasteiger charge is -2.07. The molecule has 0 radical (unpaired) electrons. The van der Waals surface area contributed by atoms with Gasteiger partial charge in [0.15, 0.2) is 0 Å². The molecule has 0 aliphatic rings. The highest BCUT2D eigenvalue weighted by Crippen LogP contribution is 2.03. The Hall–Kier alpha value is -2.40. The zero-order valence-corrected chi connectivity index (χ0v) is 11.0. The summed E-state index contributed by atoms with van der Waals surface area (Å²) >= 11 is 0. The molecule has 1 amide bonds. The third kappa shape index (κ3) is 5.49. The van der Waals surface area contributed by atoms with E-state index in [4.69, 9.17) is 15.7 Å². The fourth-order valence-electron chi connectivity index (χ4n) is 1.34. The second-order valence-corrected chi connectivity index (χ2v) is 3.94. The van der Waals surface area contributed by atoms with Gasteiger partial charge >= 0.3 is 0 Å². The Morgan fingerprint density at radius 2 is 2.40 bits per heavy atom. The summed E-state index contributed by atoms with van der Waals surface area (Å²) in [5.74, 6) is -0.0174. The number of nitrogens with zero attached hydrogens (tertiary/aromatic N) is 3. The molecule has 0 atom stereocenters. The molecule has 3 N–H and O–H groups in total. The van der Waals surface area contributed by atoms with Crippen LogP contribution in [-0.4, -0.2) is 35.4 Å². The van der Waals surface area contributed by atoms with Gasteiger partial charge in [-0.15, -0.1) is 0 Å². The van der Waals surface area contributed by atoms with Gasteiger partial charge in [-0.3, -0.25) is 9.59 Å². The fourth-order valence-corrected chi connectivity index (χ4v) is 1.34. The van der Waals surface area contributed by atoms with Crippen molar-refractivity contribution in [1.82, 2.24) is 15.1 Å². The van der Waals surface area contributed by atoms with Crippen LogP contribution < -0.4 is 21.3 Å². The molecule has 0 saturated heterocycles. The number of carbonyl (C=O) groups is 1. The molecular weight excluding hydrogens is 262 g/mol. The highest BCUT2D eigenvalue weighted by atomic mass is 16.5. The number of nitrogens with one attached hydrogen (secondary N) is 1. The number of hydrogen-bond acceptors (Lipinski definition) is 6. The summed E-state index contributed by atoms with van der Waals surface area (Å²) in [5.41, 5.74) is 4.90. The van der Waals surface area contributed by atoms with Gasteiger partial charge in [0.1, 0.15) is 12.3 Å². The molecule has 1 heterocycles. The van der Waals surface area contributed by atoms with E-state index in [-0.39, 0.29) is 25.4 Å². The molecule has 1 rings (SSSR count). The molecule has 1 aromatic heterocycles. The number of ether oxygens (including phenoxy) is 1. The number of aromatic nitrogens is 2. The Bertz CT molecular complexity index is 535. The molecule has 0 spiro atoms. The lowest BCUT2D eigenvalue weighted by atomic mass is 10.4. The van der Waals surface area contributed by atoms with Crippen LogP contribution in [0.4, 0.5) is 0 Å². The minimum absolute atomic E-state index is 0.187. The van der Waals surface area contributed by atoms with Crippen LogP contribution in [0.1, 0.15) is 12.8 Å². The van der Waals surface area contributed by atoms with Crippen LogP contribution >= 0.6 is 0 Å². The molecule has 0 aliphatic carbocycles. The van der Waals surface area contributed by atoms with Crippen molar-refractivity contribution in [3.8, 4) is 11.8 Å². The standard InChI is InChI=1S/C12H17N5O3/c13-3-1-5-15-11(18)9-17-12(19)7-10(8-16-17)20-6-2-4-14/h7-8H,1-2,4-6,9,14H2,(H,15,18). The summed E-state index contributed by atoms with van der Waals surface area (Å²) in [6.45, 7) is 0.987. The van der Waals surface area contributed by atoms with Gasteiger partial charge < -0.3 is 15.8 Å². The van der Waals surface area contributed by atoms with Crippen LogP contribution in [0.15, 0.2) is 17.1 Å². The molecule has 0 unspecified atom stereocenters. The largest absolute Gasteiger partial charge is 0.492 e. The number of hydrogen-bond donors (Lipinski definition) is 2. The SMILES string of the molecule is N#CCCNC(=O)Cn1ncc(OCCCN)cc1=O. The quantitative estimate of drug-likeness (QED) is 0.588. The molecule has 8 heteroatoms. The first-order valence-corrected chi connectivity index (χ1v) is 6.21. The van der Waals surface area contributed by atoms with Gasteiger partial charge in [0.05, 0.1) is 25.3 Å². The zero-order chi connectivity index (χ0) is 14.8. The molecule has 0 bridgehead atoms. The van der Waals surface area contributed by atoms with Crippen molar-refractivity contribution in [2.24, 2.45) is 5.73 Å². The maximum atomic E-state index is 11.7. The summed E-state index contributed by atoms with van der Waals surface area (Å²) in [4.78, 5) is 23.2. The van der Waals surface area contributed by atoms with Gasteiger partial charge in [0.25, 0.3) is 5.56 Å². The van der Waals surface area contributed by atoms with Crippen LogP contribution in [0.5, 0.6) is 5.75 Å². The highest BCUT2D eigenvalue weighted by molar-refractivity contribution is 5.75. The van der Waals surface area contributed by atoms with Crippen molar-refractivity contribution in [1.29, 1.82) is 5.26 Å². The first-order chi connectivity index (χ1) is 9.67. The molecule has 1 aromatic rings. The average molecular weight is 279 g/mol. The minimum Gasteiger partial charge on any atom is -0.492 e. The second kappa shape index (κ2) is 8.66. The lowest BCUT2D eigenvalue weighted by Crippen LogP contribution is -2.33. The van der Waals surface area contributed by atoms with E-state index in [1.54, 1.807) is 0 Å². The van der Waals surface area contributed by atoms with Crippen molar-refractivity contribution < 1.29 is 9.53 Å². The van der Waals surface area contributed by atoms with E-state index in [2.05, 4.69) is 10.4 Å². The van der Waals surface area contributed by atoms with E-state index in [0.29, 0.717) is 25.3 Å². The number of amides is 1. The molecule has 0 saturated carbocycles. The van der Waals surface area contributed by atoms with E-state index in [1.807, 2.05) is 6.07 Å². The first kappa shape index (κ1) is 15.7. The van der Waals surface area contributed by atoms with E-state index < -0.39 is 5.56 Å². The predicted molar refractivity (Wildman–Crippen MR) is 70.9 cm³/mol. The summed E-state index contributed by atoms with van der Waals surface area (Å²) in [6, 6.07) is 3.18. The Balaban J connectivity index is 2.53. The summed E-state index contributed by atoms with van der Waals surface area (Å²) in [6.07, 6.45) is 2.28. The molecule has 0 aromatic carbocycles. The van der Waals surface area contributed by atoms with Gasteiger partial charge in [-0.1, -0.05) is 0 Å². The summed E-state index contributed by atoms with van der Waals surface area (Å²) < 4.78 is 6.30. The molecular formula is C12H17N5O3. The van der Waals surface area contributed by atoms with Crippen LogP contribution in [0, 0.1) is 11.3 Å². The van der Waals surface area contributed by atoms with Crippen LogP contribution in [0.2, 0.25) is 0 Å². The van der Waals surface area contributed by atoms with E-state index in [9.17, 15) is 9.59 Å². The maximum absolute atomic E-state index is 11.7. The molecule has 108 valence electrons. The monoisotopic (exact) mass is 279 g/mol. The Morgan fingerprint density at radius 1 is 1.60 bits per heavy atom. The Morgan fingerprint density at radius 3 is 3.05 bits per heavy atom. The fraction of sp³-hybridized carbons (Fsp3) is 0.500. The Kier molecular flexibility index (Phi) is 6.78.